The molecule has 0 bridgehead atoms. The summed E-state index contributed by atoms with van der Waals surface area (Å²) in [6.07, 6.45) is 4.93. The van der Waals surface area contributed by atoms with Crippen LogP contribution in [0, 0.1) is 10.1 Å². The number of nitro benzene ring substituents is 1. The van der Waals surface area contributed by atoms with Crippen LogP contribution in [0.15, 0.2) is 52.4 Å². The summed E-state index contributed by atoms with van der Waals surface area (Å²) in [5.41, 5.74) is 1.64. The summed E-state index contributed by atoms with van der Waals surface area (Å²) in [5, 5.41) is 11.5. The van der Waals surface area contributed by atoms with Gasteiger partial charge in [0.05, 0.1) is 26.8 Å². The second-order valence-corrected chi connectivity index (χ2v) is 11.0. The molecule has 0 saturated heterocycles. The van der Waals surface area contributed by atoms with Gasteiger partial charge in [0.1, 0.15) is 0 Å². The van der Waals surface area contributed by atoms with Gasteiger partial charge in [-0.25, -0.2) is 8.42 Å². The van der Waals surface area contributed by atoms with Gasteiger partial charge in [0.2, 0.25) is 0 Å². The number of nitrogens with zero attached hydrogens (tertiary/aromatic N) is 3. The molecule has 2 aromatic rings. The minimum absolute atomic E-state index is 0.0414. The smallest absolute Gasteiger partial charge is 0.270 e. The van der Waals surface area contributed by atoms with Gasteiger partial charge < -0.3 is 4.90 Å². The summed E-state index contributed by atoms with van der Waals surface area (Å²) in [6, 6.07) is 11.6. The number of nitro groups is 1. The molecule has 0 saturated carbocycles. The molecule has 0 N–H and O–H groups in total. The molecule has 2 aromatic carbocycles. The predicted octanol–water partition coefficient (Wildman–Crippen LogP) is 5.40. The van der Waals surface area contributed by atoms with Crippen molar-refractivity contribution in [2.24, 2.45) is 4.99 Å². The van der Waals surface area contributed by atoms with E-state index < -0.39 is 20.3 Å². The number of hydrogen-bond donors (Lipinski definition) is 0. The SMILES string of the molecule is CCCCC1(CCCC)CS(=O)(=O)c2ccc(N(C)C)cc2C(c2cccc([N+](=O)[O-])c2)=N1. The van der Waals surface area contributed by atoms with E-state index in [9.17, 15) is 18.5 Å². The van der Waals surface area contributed by atoms with Gasteiger partial charge in [-0.05, 0) is 31.0 Å². The summed E-state index contributed by atoms with van der Waals surface area (Å²) in [4.78, 5) is 18.4. The Morgan fingerprint density at radius 1 is 1.06 bits per heavy atom. The first kappa shape index (κ1) is 24.9. The van der Waals surface area contributed by atoms with Crippen molar-refractivity contribution in [2.75, 3.05) is 24.7 Å². The quantitative estimate of drug-likeness (QED) is 0.360. The van der Waals surface area contributed by atoms with Gasteiger partial charge in [-0.3, -0.25) is 15.1 Å². The summed E-state index contributed by atoms with van der Waals surface area (Å²) in [6.45, 7) is 4.17. The highest BCUT2D eigenvalue weighted by Gasteiger charge is 2.40. The zero-order valence-electron chi connectivity index (χ0n) is 19.9. The lowest BCUT2D eigenvalue weighted by Gasteiger charge is -2.29. The molecule has 33 heavy (non-hydrogen) atoms. The average molecular weight is 472 g/mol. The number of benzene rings is 2. The molecule has 0 amide bonds. The largest absolute Gasteiger partial charge is 0.378 e. The van der Waals surface area contributed by atoms with Crippen LogP contribution in [-0.2, 0) is 9.84 Å². The third-order valence-corrected chi connectivity index (χ3v) is 8.14. The Morgan fingerprint density at radius 2 is 1.73 bits per heavy atom. The summed E-state index contributed by atoms with van der Waals surface area (Å²) >= 11 is 0. The van der Waals surface area contributed by atoms with Crippen LogP contribution in [0.4, 0.5) is 11.4 Å². The van der Waals surface area contributed by atoms with E-state index in [-0.39, 0.29) is 16.3 Å². The molecular formula is C25H33N3O4S. The fraction of sp³-hybridized carbons (Fsp3) is 0.480. The zero-order chi connectivity index (χ0) is 24.2. The minimum atomic E-state index is -3.62. The lowest BCUT2D eigenvalue weighted by molar-refractivity contribution is -0.384. The highest BCUT2D eigenvalue weighted by atomic mass is 32.2. The highest BCUT2D eigenvalue weighted by Crippen LogP contribution is 2.38. The van der Waals surface area contributed by atoms with Crippen molar-refractivity contribution in [3.8, 4) is 0 Å². The van der Waals surface area contributed by atoms with E-state index in [1.807, 2.05) is 25.1 Å². The fourth-order valence-electron chi connectivity index (χ4n) is 4.39. The molecule has 0 atom stereocenters. The predicted molar refractivity (Wildman–Crippen MR) is 133 cm³/mol. The van der Waals surface area contributed by atoms with E-state index in [0.717, 1.165) is 31.4 Å². The second-order valence-electron chi connectivity index (χ2n) is 9.03. The van der Waals surface area contributed by atoms with Gasteiger partial charge in [-0.2, -0.15) is 0 Å². The Balaban J connectivity index is 2.35. The Morgan fingerprint density at radius 3 is 2.30 bits per heavy atom. The van der Waals surface area contributed by atoms with Gasteiger partial charge in [-0.1, -0.05) is 51.7 Å². The molecule has 0 aliphatic carbocycles. The monoisotopic (exact) mass is 471 g/mol. The Labute approximate surface area is 196 Å². The van der Waals surface area contributed by atoms with Crippen molar-refractivity contribution in [3.05, 3.63) is 63.7 Å². The maximum atomic E-state index is 13.7. The molecule has 0 unspecified atom stereocenters. The standard InChI is InChI=1S/C25H33N3O4S/c1-5-7-14-25(15-8-6-2)18-33(31,32)23-13-12-20(27(3)4)17-22(23)24(26-25)19-10-9-11-21(16-19)28(29)30/h9-13,16-17H,5-8,14-15,18H2,1-4H3. The van der Waals surface area contributed by atoms with Crippen LogP contribution in [0.2, 0.25) is 0 Å². The molecule has 0 fully saturated rings. The van der Waals surface area contributed by atoms with Crippen LogP contribution in [0.25, 0.3) is 0 Å². The third-order valence-electron chi connectivity index (χ3n) is 6.20. The van der Waals surface area contributed by atoms with Gasteiger partial charge in [-0.15, -0.1) is 0 Å². The normalized spacial score (nSPS) is 16.4. The van der Waals surface area contributed by atoms with E-state index in [0.29, 0.717) is 29.7 Å². The molecule has 0 radical (unpaired) electrons. The van der Waals surface area contributed by atoms with Gasteiger partial charge in [0.15, 0.2) is 9.84 Å². The van der Waals surface area contributed by atoms with Gasteiger partial charge in [0, 0.05) is 43.0 Å². The number of aliphatic imine (C=N–C) groups is 1. The molecule has 178 valence electrons. The molecule has 1 aliphatic heterocycles. The molecule has 0 spiro atoms. The number of unbranched alkanes of at least 4 members (excludes halogenated alkanes) is 2. The average Bonchev–Trinajstić information content (AvgIpc) is 2.88. The van der Waals surface area contributed by atoms with Crippen LogP contribution in [0.5, 0.6) is 0 Å². The third kappa shape index (κ3) is 5.43. The first-order valence-electron chi connectivity index (χ1n) is 11.5. The van der Waals surface area contributed by atoms with Crippen molar-refractivity contribution < 1.29 is 13.3 Å². The van der Waals surface area contributed by atoms with E-state index in [1.165, 1.54) is 12.1 Å². The lowest BCUT2D eigenvalue weighted by atomic mass is 9.88. The molecule has 1 heterocycles. The number of anilines is 1. The van der Waals surface area contributed by atoms with Crippen LogP contribution >= 0.6 is 0 Å². The van der Waals surface area contributed by atoms with E-state index in [4.69, 9.17) is 4.99 Å². The Bertz CT molecular complexity index is 1150. The second kappa shape index (κ2) is 10.0. The van der Waals surface area contributed by atoms with Crippen LogP contribution in [0.3, 0.4) is 0 Å². The summed E-state index contributed by atoms with van der Waals surface area (Å²) in [7, 11) is 0.162. The lowest BCUT2D eigenvalue weighted by Crippen LogP contribution is -2.35. The topological polar surface area (TPSA) is 92.9 Å². The van der Waals surface area contributed by atoms with Crippen molar-refractivity contribution in [1.82, 2.24) is 0 Å². The number of fused-ring (bicyclic) bond motifs is 1. The van der Waals surface area contributed by atoms with Crippen LogP contribution in [-0.4, -0.2) is 44.4 Å². The van der Waals surface area contributed by atoms with E-state index in [2.05, 4.69) is 13.8 Å². The maximum Gasteiger partial charge on any atom is 0.270 e. The fourth-order valence-corrected chi connectivity index (χ4v) is 6.38. The first-order chi connectivity index (χ1) is 15.6. The number of sulfone groups is 1. The van der Waals surface area contributed by atoms with Crippen molar-refractivity contribution in [1.29, 1.82) is 0 Å². The van der Waals surface area contributed by atoms with Crippen LogP contribution < -0.4 is 4.90 Å². The molecule has 0 aromatic heterocycles. The van der Waals surface area contributed by atoms with Crippen LogP contribution in [0.1, 0.15) is 63.5 Å². The molecular weight excluding hydrogens is 438 g/mol. The molecule has 8 heteroatoms. The van der Waals surface area contributed by atoms with E-state index in [1.54, 1.807) is 24.3 Å². The first-order valence-corrected chi connectivity index (χ1v) is 13.2. The maximum absolute atomic E-state index is 13.7. The molecule has 7 nitrogen and oxygen atoms in total. The molecule has 1 aliphatic rings. The van der Waals surface area contributed by atoms with Gasteiger partial charge >= 0.3 is 0 Å². The van der Waals surface area contributed by atoms with Crippen molar-refractivity contribution in [2.45, 2.75) is 62.8 Å². The zero-order valence-corrected chi connectivity index (χ0v) is 20.7. The summed E-state index contributed by atoms with van der Waals surface area (Å²) < 4.78 is 27.3. The number of hydrogen-bond acceptors (Lipinski definition) is 6. The molecule has 3 rings (SSSR count). The minimum Gasteiger partial charge on any atom is -0.378 e. The van der Waals surface area contributed by atoms with Gasteiger partial charge in [0.25, 0.3) is 5.69 Å². The summed E-state index contributed by atoms with van der Waals surface area (Å²) in [5.74, 6) is -0.0489. The number of rotatable bonds is 9. The Hall–Kier alpha value is -2.74. The van der Waals surface area contributed by atoms with Crippen molar-refractivity contribution >= 4 is 26.9 Å². The highest BCUT2D eigenvalue weighted by molar-refractivity contribution is 7.91. The van der Waals surface area contributed by atoms with E-state index >= 15 is 0 Å². The van der Waals surface area contributed by atoms with Crippen molar-refractivity contribution in [3.63, 3.8) is 0 Å². The Kier molecular flexibility index (Phi) is 7.57. The number of non-ortho nitro benzene ring substituents is 1.